The van der Waals surface area contributed by atoms with Gasteiger partial charge in [0, 0.05) is 0 Å². The molecule has 0 radical (unpaired) electrons. The van der Waals surface area contributed by atoms with Gasteiger partial charge in [0.2, 0.25) is 0 Å². The van der Waals surface area contributed by atoms with Gasteiger partial charge < -0.3 is 10.2 Å². The second-order valence-electron chi connectivity index (χ2n) is 2.52. The topological polar surface area (TPSA) is 172 Å². The lowest BCUT2D eigenvalue weighted by Crippen LogP contribution is -2.21. The van der Waals surface area contributed by atoms with E-state index in [4.69, 9.17) is 15.0 Å². The third-order valence-electron chi connectivity index (χ3n) is 1.42. The summed E-state index contributed by atoms with van der Waals surface area (Å²) in [5, 5.41) is 13.9. The van der Waals surface area contributed by atoms with E-state index in [1.54, 1.807) is 0 Å². The van der Waals surface area contributed by atoms with Gasteiger partial charge in [0.05, 0.1) is 0 Å². The van der Waals surface area contributed by atoms with Crippen LogP contribution >= 0.6 is 0 Å². The van der Waals surface area contributed by atoms with Crippen LogP contribution in [0.1, 0.15) is 0 Å². The van der Waals surface area contributed by atoms with Crippen molar-refractivity contribution in [2.75, 3.05) is 0 Å². The molecule has 0 spiro atoms. The van der Waals surface area contributed by atoms with Gasteiger partial charge in [0.25, 0.3) is 5.56 Å². The number of rotatable bonds is 0. The van der Waals surface area contributed by atoms with E-state index < -0.39 is 23.1 Å². The molecule has 0 aliphatic heterocycles. The molecule has 0 aliphatic carbocycles. The summed E-state index contributed by atoms with van der Waals surface area (Å²) < 4.78 is 0. The lowest BCUT2D eigenvalue weighted by Gasteiger charge is -1.83. The molecule has 0 atom stereocenters. The van der Waals surface area contributed by atoms with Gasteiger partial charge in [-0.05, 0) is 0 Å². The number of fused-ring (bicyclic) bond motifs is 1. The van der Waals surface area contributed by atoms with Crippen LogP contribution in [0, 0.1) is 0 Å². The van der Waals surface area contributed by atoms with Gasteiger partial charge in [-0.1, -0.05) is 0 Å². The van der Waals surface area contributed by atoms with E-state index in [1.807, 2.05) is 4.98 Å². The van der Waals surface area contributed by atoms with Crippen LogP contribution in [-0.2, 0) is 0 Å². The van der Waals surface area contributed by atoms with E-state index in [0.29, 0.717) is 0 Å². The quantitative estimate of drug-likeness (QED) is 0.319. The molecular formula is C6H6N4O6. The summed E-state index contributed by atoms with van der Waals surface area (Å²) in [5.74, 6) is 0. The molecule has 2 aromatic heterocycles. The SMILES string of the molecule is O=C(O)O.O=c1[nH]c(=O)c2[nH]c(=O)[nH]c2[nH]1. The highest BCUT2D eigenvalue weighted by Gasteiger charge is 2.02. The zero-order valence-electron chi connectivity index (χ0n) is 7.53. The van der Waals surface area contributed by atoms with Crippen molar-refractivity contribution in [3.63, 3.8) is 0 Å². The van der Waals surface area contributed by atoms with Crippen molar-refractivity contribution in [3.8, 4) is 0 Å². The molecule has 2 aromatic rings. The van der Waals surface area contributed by atoms with Gasteiger partial charge >= 0.3 is 17.5 Å². The maximum absolute atomic E-state index is 10.9. The number of imidazole rings is 1. The summed E-state index contributed by atoms with van der Waals surface area (Å²) in [6.07, 6.45) is -1.83. The van der Waals surface area contributed by atoms with Crippen molar-refractivity contribution >= 4 is 17.3 Å². The Bertz CT molecular complexity index is 668. The molecule has 0 bridgehead atoms. The fourth-order valence-corrected chi connectivity index (χ4v) is 0.958. The first kappa shape index (κ1) is 11.3. The van der Waals surface area contributed by atoms with Gasteiger partial charge in [-0.15, -0.1) is 0 Å². The molecule has 0 saturated heterocycles. The molecule has 0 saturated carbocycles. The van der Waals surface area contributed by atoms with E-state index in [1.165, 1.54) is 0 Å². The van der Waals surface area contributed by atoms with Crippen LogP contribution < -0.4 is 16.9 Å². The number of aromatic amines is 4. The van der Waals surface area contributed by atoms with Crippen LogP contribution in [0.5, 0.6) is 0 Å². The Morgan fingerprint density at radius 3 is 1.81 bits per heavy atom. The molecule has 0 amide bonds. The molecule has 10 nitrogen and oxygen atoms in total. The van der Waals surface area contributed by atoms with Gasteiger partial charge in [-0.25, -0.2) is 14.4 Å². The van der Waals surface area contributed by atoms with Crippen molar-refractivity contribution < 1.29 is 15.0 Å². The molecule has 86 valence electrons. The second kappa shape index (κ2) is 4.16. The highest BCUT2D eigenvalue weighted by molar-refractivity contribution is 5.67. The maximum Gasteiger partial charge on any atom is 0.503 e. The smallest absolute Gasteiger partial charge is 0.450 e. The first-order chi connectivity index (χ1) is 7.40. The number of carboxylic acid groups (broad SMARTS) is 2. The number of hydrogen-bond donors (Lipinski definition) is 6. The van der Waals surface area contributed by atoms with Crippen LogP contribution in [0.3, 0.4) is 0 Å². The minimum atomic E-state index is -1.83. The van der Waals surface area contributed by atoms with Crippen LogP contribution in [0.25, 0.3) is 11.2 Å². The second-order valence-corrected chi connectivity index (χ2v) is 2.52. The summed E-state index contributed by atoms with van der Waals surface area (Å²) in [6, 6.07) is 0. The lowest BCUT2D eigenvalue weighted by atomic mass is 10.5. The van der Waals surface area contributed by atoms with Crippen molar-refractivity contribution in [1.82, 2.24) is 19.9 Å². The molecule has 2 heterocycles. The summed E-state index contributed by atoms with van der Waals surface area (Å²) in [5.41, 5.74) is -1.65. The molecule has 16 heavy (non-hydrogen) atoms. The Hall–Kier alpha value is -2.78. The van der Waals surface area contributed by atoms with Crippen molar-refractivity contribution in [3.05, 3.63) is 31.3 Å². The minimum Gasteiger partial charge on any atom is -0.450 e. The predicted molar refractivity (Wildman–Crippen MR) is 50.8 cm³/mol. The zero-order chi connectivity index (χ0) is 12.3. The van der Waals surface area contributed by atoms with Crippen molar-refractivity contribution in [1.29, 1.82) is 0 Å². The van der Waals surface area contributed by atoms with E-state index in [9.17, 15) is 14.4 Å². The van der Waals surface area contributed by atoms with Crippen LogP contribution in [0.15, 0.2) is 14.4 Å². The van der Waals surface area contributed by atoms with Crippen LogP contribution in [-0.4, -0.2) is 36.3 Å². The van der Waals surface area contributed by atoms with Gasteiger partial charge in [-0.3, -0.25) is 24.7 Å². The number of hydrogen-bond acceptors (Lipinski definition) is 4. The molecule has 0 unspecified atom stereocenters. The average molecular weight is 230 g/mol. The molecule has 2 rings (SSSR count). The lowest BCUT2D eigenvalue weighted by molar-refractivity contribution is 0.137. The zero-order valence-corrected chi connectivity index (χ0v) is 7.53. The third kappa shape index (κ3) is 2.60. The first-order valence-corrected chi connectivity index (χ1v) is 3.76. The molecule has 0 fully saturated rings. The Morgan fingerprint density at radius 1 is 0.875 bits per heavy atom. The third-order valence-corrected chi connectivity index (χ3v) is 1.42. The fraction of sp³-hybridized carbons (Fsp3) is 0. The molecule has 0 aliphatic rings. The highest BCUT2D eigenvalue weighted by atomic mass is 16.6. The molecule has 6 N–H and O–H groups in total. The van der Waals surface area contributed by atoms with Crippen molar-refractivity contribution in [2.24, 2.45) is 0 Å². The van der Waals surface area contributed by atoms with E-state index in [2.05, 4.69) is 15.0 Å². The number of aromatic nitrogens is 4. The predicted octanol–water partition coefficient (Wildman–Crippen LogP) is -1.54. The van der Waals surface area contributed by atoms with Gasteiger partial charge in [0.1, 0.15) is 11.2 Å². The van der Waals surface area contributed by atoms with E-state index >= 15 is 0 Å². The fourth-order valence-electron chi connectivity index (χ4n) is 0.958. The summed E-state index contributed by atoms with van der Waals surface area (Å²) >= 11 is 0. The molecule has 10 heteroatoms. The number of nitrogens with one attached hydrogen (secondary N) is 4. The maximum atomic E-state index is 10.9. The van der Waals surface area contributed by atoms with E-state index in [-0.39, 0.29) is 11.2 Å². The van der Waals surface area contributed by atoms with Crippen LogP contribution in [0.4, 0.5) is 4.79 Å². The summed E-state index contributed by atoms with van der Waals surface area (Å²) in [7, 11) is 0. The minimum absolute atomic E-state index is 0.0413. The van der Waals surface area contributed by atoms with Crippen LogP contribution in [0.2, 0.25) is 0 Å². The van der Waals surface area contributed by atoms with Gasteiger partial charge in [-0.2, -0.15) is 0 Å². The molecular weight excluding hydrogens is 224 g/mol. The Morgan fingerprint density at radius 2 is 1.31 bits per heavy atom. The standard InChI is InChI=1S/C5H4N4O3.CH2O3/c10-3-1-2(7-4(11)6-1)8-5(12)9-3;2-1(3)4/h(H4,6,7,8,9,10,11,12);(H2,2,3,4). The largest absolute Gasteiger partial charge is 0.503 e. The van der Waals surface area contributed by atoms with Gasteiger partial charge in [0.15, 0.2) is 0 Å². The Balaban J connectivity index is 0.000000280. The number of carbonyl (C=O) groups is 1. The summed E-state index contributed by atoms with van der Waals surface area (Å²) in [6.45, 7) is 0. The molecule has 0 aromatic carbocycles. The normalized spacial score (nSPS) is 9.50. The monoisotopic (exact) mass is 230 g/mol. The Labute approximate surface area is 84.6 Å². The van der Waals surface area contributed by atoms with Crippen molar-refractivity contribution in [2.45, 2.75) is 0 Å². The number of H-pyrrole nitrogens is 4. The summed E-state index contributed by atoms with van der Waals surface area (Å²) in [4.78, 5) is 49.5. The highest BCUT2D eigenvalue weighted by Crippen LogP contribution is 1.88. The average Bonchev–Trinajstić information content (AvgIpc) is 2.44. The first-order valence-electron chi connectivity index (χ1n) is 3.76. The Kier molecular flexibility index (Phi) is 2.94. The van der Waals surface area contributed by atoms with E-state index in [0.717, 1.165) is 0 Å².